The quantitative estimate of drug-likeness (QED) is 0.322. The summed E-state index contributed by atoms with van der Waals surface area (Å²) in [6.45, 7) is 2.93. The number of hydrogen-bond acceptors (Lipinski definition) is 6. The van der Waals surface area contributed by atoms with E-state index in [1.54, 1.807) is 19.1 Å². The smallest absolute Gasteiger partial charge is 0.299 e. The molecule has 0 aliphatic heterocycles. The standard InChI is InChI=1S/C25H21F3N4O3S2/c1-16-6-10-18(11-7-16)23-30-31-24(36-23)29-22(33)15-32(20-5-3-4-19(14-20)25(26,27)28)37(34,35)21-12-8-17(2)9-13-21/h3-14H,15H2,1-2H3,(H,29,31,33). The number of benzene rings is 3. The zero-order valence-electron chi connectivity index (χ0n) is 19.7. The van der Waals surface area contributed by atoms with Crippen molar-refractivity contribution in [1.29, 1.82) is 0 Å². The van der Waals surface area contributed by atoms with Gasteiger partial charge in [0.05, 0.1) is 16.1 Å². The number of aromatic nitrogens is 2. The van der Waals surface area contributed by atoms with Crippen molar-refractivity contribution in [1.82, 2.24) is 10.2 Å². The fourth-order valence-electron chi connectivity index (χ4n) is 3.37. The summed E-state index contributed by atoms with van der Waals surface area (Å²) >= 11 is 1.08. The minimum Gasteiger partial charge on any atom is -0.299 e. The van der Waals surface area contributed by atoms with E-state index in [0.29, 0.717) is 15.4 Å². The predicted octanol–water partition coefficient (Wildman–Crippen LogP) is 5.67. The molecule has 0 radical (unpaired) electrons. The Bertz CT molecular complexity index is 1520. The highest BCUT2D eigenvalue weighted by Crippen LogP contribution is 2.33. The van der Waals surface area contributed by atoms with E-state index in [0.717, 1.165) is 40.2 Å². The summed E-state index contributed by atoms with van der Waals surface area (Å²) in [6, 6.07) is 17.1. The van der Waals surface area contributed by atoms with Gasteiger partial charge >= 0.3 is 6.18 Å². The molecule has 0 fully saturated rings. The van der Waals surface area contributed by atoms with Crippen LogP contribution in [0, 0.1) is 13.8 Å². The Labute approximate surface area is 215 Å². The molecule has 0 atom stereocenters. The summed E-state index contributed by atoms with van der Waals surface area (Å²) in [5, 5.41) is 11.1. The average Bonchev–Trinajstić information content (AvgIpc) is 3.31. The molecule has 7 nitrogen and oxygen atoms in total. The molecule has 12 heteroatoms. The van der Waals surface area contributed by atoms with E-state index < -0.39 is 34.2 Å². The van der Waals surface area contributed by atoms with Crippen LogP contribution in [0.5, 0.6) is 0 Å². The first-order valence-electron chi connectivity index (χ1n) is 10.9. The minimum absolute atomic E-state index is 0.123. The number of sulfonamides is 1. The van der Waals surface area contributed by atoms with Crippen molar-refractivity contribution >= 4 is 38.1 Å². The lowest BCUT2D eigenvalue weighted by Gasteiger charge is -2.24. The van der Waals surface area contributed by atoms with Crippen LogP contribution in [0.25, 0.3) is 10.6 Å². The predicted molar refractivity (Wildman–Crippen MR) is 136 cm³/mol. The maximum atomic E-state index is 13.4. The van der Waals surface area contributed by atoms with Gasteiger partial charge in [0.25, 0.3) is 10.0 Å². The molecule has 0 saturated carbocycles. The van der Waals surface area contributed by atoms with Gasteiger partial charge in [-0.15, -0.1) is 10.2 Å². The molecule has 192 valence electrons. The second kappa shape index (κ2) is 10.3. The van der Waals surface area contributed by atoms with Gasteiger partial charge in [-0.2, -0.15) is 13.2 Å². The molecule has 1 N–H and O–H groups in total. The lowest BCUT2D eigenvalue weighted by molar-refractivity contribution is -0.137. The third kappa shape index (κ3) is 6.15. The summed E-state index contributed by atoms with van der Waals surface area (Å²) in [4.78, 5) is 12.7. The number of carbonyl (C=O) groups excluding carboxylic acids is 1. The van der Waals surface area contributed by atoms with E-state index in [1.165, 1.54) is 18.2 Å². The molecule has 0 saturated heterocycles. The lowest BCUT2D eigenvalue weighted by atomic mass is 10.2. The largest absolute Gasteiger partial charge is 0.416 e. The molecule has 37 heavy (non-hydrogen) atoms. The summed E-state index contributed by atoms with van der Waals surface area (Å²) in [7, 11) is -4.39. The van der Waals surface area contributed by atoms with E-state index in [9.17, 15) is 26.4 Å². The molecule has 4 rings (SSSR count). The zero-order valence-corrected chi connectivity index (χ0v) is 21.3. The molecule has 1 aromatic heterocycles. The molecule has 0 aliphatic carbocycles. The highest BCUT2D eigenvalue weighted by Gasteiger charge is 2.33. The number of aryl methyl sites for hydroxylation is 2. The van der Waals surface area contributed by atoms with E-state index in [2.05, 4.69) is 15.5 Å². The first-order chi connectivity index (χ1) is 17.4. The third-order valence-corrected chi connectivity index (χ3v) is 8.00. The van der Waals surface area contributed by atoms with Crippen molar-refractivity contribution in [2.75, 3.05) is 16.2 Å². The van der Waals surface area contributed by atoms with Gasteiger partial charge < -0.3 is 0 Å². The molecular weight excluding hydrogens is 525 g/mol. The molecule has 0 spiro atoms. The normalized spacial score (nSPS) is 11.8. The van der Waals surface area contributed by atoms with Gasteiger partial charge in [-0.25, -0.2) is 8.42 Å². The van der Waals surface area contributed by atoms with Gasteiger partial charge in [0.1, 0.15) is 11.6 Å². The second-order valence-electron chi connectivity index (χ2n) is 8.20. The molecule has 0 aliphatic rings. The van der Waals surface area contributed by atoms with Crippen molar-refractivity contribution in [2.45, 2.75) is 24.9 Å². The van der Waals surface area contributed by atoms with Crippen LogP contribution in [-0.4, -0.2) is 31.1 Å². The number of nitrogens with zero attached hydrogens (tertiary/aromatic N) is 3. The number of halogens is 3. The van der Waals surface area contributed by atoms with Crippen LogP contribution in [0.3, 0.4) is 0 Å². The Kier molecular flexibility index (Phi) is 7.32. The van der Waals surface area contributed by atoms with Gasteiger partial charge in [-0.3, -0.25) is 14.4 Å². The Balaban J connectivity index is 1.63. The van der Waals surface area contributed by atoms with Gasteiger partial charge in [0.15, 0.2) is 0 Å². The van der Waals surface area contributed by atoms with Crippen LogP contribution >= 0.6 is 11.3 Å². The summed E-state index contributed by atoms with van der Waals surface area (Å²) in [5.74, 6) is -0.792. The van der Waals surface area contributed by atoms with Gasteiger partial charge in [0.2, 0.25) is 11.0 Å². The zero-order chi connectivity index (χ0) is 26.8. The van der Waals surface area contributed by atoms with Crippen LogP contribution in [0.1, 0.15) is 16.7 Å². The molecule has 0 unspecified atom stereocenters. The fraction of sp³-hybridized carbons (Fsp3) is 0.160. The number of rotatable bonds is 7. The van der Waals surface area contributed by atoms with Crippen molar-refractivity contribution in [2.24, 2.45) is 0 Å². The summed E-state index contributed by atoms with van der Waals surface area (Å²) in [6.07, 6.45) is -4.70. The Morgan fingerprint density at radius 2 is 1.57 bits per heavy atom. The van der Waals surface area contributed by atoms with E-state index in [4.69, 9.17) is 0 Å². The molecule has 0 bridgehead atoms. The maximum absolute atomic E-state index is 13.4. The van der Waals surface area contributed by atoms with Crippen molar-refractivity contribution in [3.05, 3.63) is 89.5 Å². The van der Waals surface area contributed by atoms with Gasteiger partial charge in [-0.1, -0.05) is 64.9 Å². The molecule has 1 amide bonds. The number of hydrogen-bond donors (Lipinski definition) is 1. The van der Waals surface area contributed by atoms with Crippen molar-refractivity contribution in [3.8, 4) is 10.6 Å². The highest BCUT2D eigenvalue weighted by atomic mass is 32.2. The van der Waals surface area contributed by atoms with Crippen LogP contribution in [0.15, 0.2) is 77.7 Å². The molecule has 1 heterocycles. The SMILES string of the molecule is Cc1ccc(-c2nnc(NC(=O)CN(c3cccc(C(F)(F)F)c3)S(=O)(=O)c3ccc(C)cc3)s2)cc1. The van der Waals surface area contributed by atoms with Gasteiger partial charge in [-0.05, 0) is 44.2 Å². The van der Waals surface area contributed by atoms with Crippen molar-refractivity contribution < 1.29 is 26.4 Å². The van der Waals surface area contributed by atoms with Crippen LogP contribution < -0.4 is 9.62 Å². The number of alkyl halides is 3. The number of anilines is 2. The highest BCUT2D eigenvalue weighted by molar-refractivity contribution is 7.92. The number of nitrogens with one attached hydrogen (secondary N) is 1. The van der Waals surface area contributed by atoms with Crippen LogP contribution in [0.2, 0.25) is 0 Å². The Morgan fingerprint density at radius 3 is 2.19 bits per heavy atom. The van der Waals surface area contributed by atoms with E-state index in [1.807, 2.05) is 31.2 Å². The second-order valence-corrected chi connectivity index (χ2v) is 11.0. The lowest BCUT2D eigenvalue weighted by Crippen LogP contribution is -2.38. The first-order valence-corrected chi connectivity index (χ1v) is 13.2. The number of amides is 1. The Hall–Kier alpha value is -3.77. The summed E-state index contributed by atoms with van der Waals surface area (Å²) < 4.78 is 67.6. The summed E-state index contributed by atoms with van der Waals surface area (Å²) in [5.41, 5.74) is 1.30. The van der Waals surface area contributed by atoms with E-state index >= 15 is 0 Å². The van der Waals surface area contributed by atoms with Gasteiger partial charge in [0, 0.05) is 5.56 Å². The molecule has 3 aromatic carbocycles. The third-order valence-electron chi connectivity index (χ3n) is 5.33. The Morgan fingerprint density at radius 1 is 0.946 bits per heavy atom. The minimum atomic E-state index is -4.70. The van der Waals surface area contributed by atoms with Crippen LogP contribution in [0.4, 0.5) is 24.0 Å². The fourth-order valence-corrected chi connectivity index (χ4v) is 5.54. The first kappa shape index (κ1) is 26.3. The van der Waals surface area contributed by atoms with E-state index in [-0.39, 0.29) is 15.7 Å². The monoisotopic (exact) mass is 546 g/mol. The number of carbonyl (C=O) groups is 1. The molecule has 4 aromatic rings. The average molecular weight is 547 g/mol. The van der Waals surface area contributed by atoms with Crippen LogP contribution in [-0.2, 0) is 21.0 Å². The maximum Gasteiger partial charge on any atom is 0.416 e. The molecular formula is C25H21F3N4O3S2. The topological polar surface area (TPSA) is 92.3 Å². The van der Waals surface area contributed by atoms with Crippen molar-refractivity contribution in [3.63, 3.8) is 0 Å².